The lowest BCUT2D eigenvalue weighted by atomic mass is 9.85. The number of ether oxygens (including phenoxy) is 2. The quantitative estimate of drug-likeness (QED) is 0.553. The monoisotopic (exact) mass is 480 g/mol. The Hall–Kier alpha value is -2.60. The molecule has 0 unspecified atom stereocenters. The van der Waals surface area contributed by atoms with E-state index >= 15 is 0 Å². The first-order valence-corrected chi connectivity index (χ1v) is 12.9. The van der Waals surface area contributed by atoms with Crippen molar-refractivity contribution in [2.75, 3.05) is 26.2 Å². The molecule has 1 aliphatic carbocycles. The van der Waals surface area contributed by atoms with Crippen LogP contribution in [0, 0.1) is 23.1 Å². The van der Waals surface area contributed by atoms with Gasteiger partial charge in [0.05, 0.1) is 12.6 Å². The summed E-state index contributed by atoms with van der Waals surface area (Å²) >= 11 is 0. The van der Waals surface area contributed by atoms with Crippen LogP contribution in [0.15, 0.2) is 36.4 Å². The molecule has 3 saturated heterocycles. The van der Waals surface area contributed by atoms with Gasteiger partial charge in [-0.2, -0.15) is 0 Å². The smallest absolute Gasteiger partial charge is 0.407 e. The second kappa shape index (κ2) is 9.45. The van der Waals surface area contributed by atoms with Crippen molar-refractivity contribution in [3.05, 3.63) is 53.3 Å². The molecule has 6 heteroatoms. The average molecular weight is 481 g/mol. The lowest BCUT2D eigenvalue weighted by molar-refractivity contribution is -0.0348. The van der Waals surface area contributed by atoms with Crippen LogP contribution < -0.4 is 10.1 Å². The Morgan fingerprint density at radius 2 is 1.91 bits per heavy atom. The van der Waals surface area contributed by atoms with Crippen molar-refractivity contribution in [3.8, 4) is 16.9 Å². The van der Waals surface area contributed by atoms with Gasteiger partial charge < -0.3 is 14.8 Å². The van der Waals surface area contributed by atoms with Gasteiger partial charge >= 0.3 is 6.09 Å². The van der Waals surface area contributed by atoms with E-state index in [1.165, 1.54) is 11.6 Å². The molecule has 0 aromatic heterocycles. The Kier molecular flexibility index (Phi) is 6.51. The van der Waals surface area contributed by atoms with Crippen LogP contribution in [0.5, 0.6) is 5.75 Å². The van der Waals surface area contributed by atoms with Gasteiger partial charge in [0.1, 0.15) is 17.7 Å². The molecule has 0 radical (unpaired) electrons. The highest BCUT2D eigenvalue weighted by Gasteiger charge is 2.42. The molecule has 3 fully saturated rings. The first kappa shape index (κ1) is 24.1. The van der Waals surface area contributed by atoms with E-state index in [4.69, 9.17) is 9.47 Å². The Balaban J connectivity index is 1.32. The molecule has 35 heavy (non-hydrogen) atoms. The number of halogens is 1. The molecule has 188 valence electrons. The number of alkyl carbamates (subject to hydrolysis) is 1. The van der Waals surface area contributed by atoms with Crippen molar-refractivity contribution in [1.82, 2.24) is 10.2 Å². The summed E-state index contributed by atoms with van der Waals surface area (Å²) < 4.78 is 26.0. The van der Waals surface area contributed by atoms with Gasteiger partial charge in [-0.1, -0.05) is 45.9 Å². The predicted octanol–water partition coefficient (Wildman–Crippen LogP) is 5.97. The Bertz CT molecular complexity index is 1090. The number of rotatable bonds is 6. The number of fused-ring (bicyclic) bond motifs is 4. The molecule has 1 N–H and O–H groups in total. The van der Waals surface area contributed by atoms with Gasteiger partial charge in [-0.05, 0) is 84.0 Å². The van der Waals surface area contributed by atoms with Gasteiger partial charge in [0.15, 0.2) is 0 Å². The minimum Gasteiger partial charge on any atom is -0.493 e. The molecule has 0 saturated carbocycles. The largest absolute Gasteiger partial charge is 0.493 e. The second-order valence-electron chi connectivity index (χ2n) is 11.6. The molecule has 1 amide bonds. The second-order valence-corrected chi connectivity index (χ2v) is 11.6. The van der Waals surface area contributed by atoms with Crippen LogP contribution in [0.2, 0.25) is 0 Å². The van der Waals surface area contributed by atoms with Gasteiger partial charge in [0, 0.05) is 12.6 Å². The van der Waals surface area contributed by atoms with E-state index in [9.17, 15) is 9.18 Å². The highest BCUT2D eigenvalue weighted by Crippen LogP contribution is 2.46. The van der Waals surface area contributed by atoms with Gasteiger partial charge in [-0.25, -0.2) is 9.18 Å². The topological polar surface area (TPSA) is 50.8 Å². The number of nitrogens with zero attached hydrogens (tertiary/aromatic N) is 1. The summed E-state index contributed by atoms with van der Waals surface area (Å²) in [4.78, 5) is 15.3. The van der Waals surface area contributed by atoms with Crippen molar-refractivity contribution in [2.24, 2.45) is 17.3 Å². The van der Waals surface area contributed by atoms with E-state index in [0.717, 1.165) is 55.6 Å². The molecule has 3 heterocycles. The fourth-order valence-electron chi connectivity index (χ4n) is 5.92. The molecule has 2 aromatic rings. The Morgan fingerprint density at radius 3 is 2.60 bits per heavy atom. The Morgan fingerprint density at radius 1 is 1.14 bits per heavy atom. The summed E-state index contributed by atoms with van der Waals surface area (Å²) in [6, 6.07) is 10.9. The maximum Gasteiger partial charge on any atom is 0.407 e. The average Bonchev–Trinajstić information content (AvgIpc) is 3.06. The van der Waals surface area contributed by atoms with Crippen molar-refractivity contribution >= 4 is 6.09 Å². The molecular weight excluding hydrogens is 443 g/mol. The maximum atomic E-state index is 14.3. The molecule has 2 atom stereocenters. The standard InChI is InChI=1S/C29H37FN2O3/c1-18(2)17-34-24-13-21(12-23(30)14-24)20-5-6-25-22(11-20)15-29(3,4)27(25)31-28(33)35-26-16-32-9-7-19(26)8-10-32/h5-6,11-14,18-19,26-27H,7-10,15-17H2,1-4H3,(H,31,33)/t26-,27-/m0/s1. The number of hydrogen-bond acceptors (Lipinski definition) is 4. The summed E-state index contributed by atoms with van der Waals surface area (Å²) in [7, 11) is 0. The SMILES string of the molecule is CC(C)COc1cc(F)cc(-c2ccc3c(c2)CC(C)(C)[C@H]3NC(=O)O[C@H]2CN3CCC2CC3)c1. The molecule has 5 nitrogen and oxygen atoms in total. The summed E-state index contributed by atoms with van der Waals surface area (Å²) in [5.74, 6) is 1.09. The van der Waals surface area contributed by atoms with Crippen LogP contribution in [0.4, 0.5) is 9.18 Å². The van der Waals surface area contributed by atoms with Gasteiger partial charge in [-0.15, -0.1) is 0 Å². The normalized spacial score (nSPS) is 26.5. The summed E-state index contributed by atoms with van der Waals surface area (Å²) in [6.07, 6.45) is 2.72. The van der Waals surface area contributed by atoms with E-state index in [2.05, 4.69) is 50.0 Å². The molecule has 0 spiro atoms. The van der Waals surface area contributed by atoms with Crippen LogP contribution in [0.25, 0.3) is 11.1 Å². The number of carbonyl (C=O) groups excluding carboxylic acids is 1. The van der Waals surface area contributed by atoms with E-state index in [1.807, 2.05) is 12.1 Å². The fourth-order valence-corrected chi connectivity index (χ4v) is 5.92. The van der Waals surface area contributed by atoms with Crippen LogP contribution in [0.1, 0.15) is 57.7 Å². The third kappa shape index (κ3) is 5.18. The number of nitrogens with one attached hydrogen (secondary N) is 1. The van der Waals surface area contributed by atoms with Crippen LogP contribution in [0.3, 0.4) is 0 Å². The number of benzene rings is 2. The van der Waals surface area contributed by atoms with Gasteiger partial charge in [-0.3, -0.25) is 4.90 Å². The lowest BCUT2D eigenvalue weighted by Gasteiger charge is -2.44. The fraction of sp³-hybridized carbons (Fsp3) is 0.552. The van der Waals surface area contributed by atoms with Crippen LogP contribution >= 0.6 is 0 Å². The molecule has 2 aromatic carbocycles. The molecular formula is C29H37FN2O3. The third-order valence-corrected chi connectivity index (χ3v) is 7.79. The van der Waals surface area contributed by atoms with E-state index in [1.54, 1.807) is 6.07 Å². The zero-order chi connectivity index (χ0) is 24.7. The third-order valence-electron chi connectivity index (χ3n) is 7.79. The van der Waals surface area contributed by atoms with Crippen molar-refractivity contribution in [2.45, 2.75) is 59.1 Å². The minimum absolute atomic E-state index is 0.0102. The lowest BCUT2D eigenvalue weighted by Crippen LogP contribution is -2.53. The van der Waals surface area contributed by atoms with E-state index < -0.39 is 0 Å². The molecule has 4 aliphatic rings. The Labute approximate surface area is 208 Å². The first-order chi connectivity index (χ1) is 16.7. The van der Waals surface area contributed by atoms with Crippen molar-refractivity contribution < 1.29 is 18.7 Å². The maximum absolute atomic E-state index is 14.3. The zero-order valence-electron chi connectivity index (χ0n) is 21.3. The van der Waals surface area contributed by atoms with E-state index in [0.29, 0.717) is 24.2 Å². The van der Waals surface area contributed by atoms with Gasteiger partial charge in [0.25, 0.3) is 0 Å². The number of piperidine rings is 3. The highest BCUT2D eigenvalue weighted by atomic mass is 19.1. The van der Waals surface area contributed by atoms with E-state index in [-0.39, 0.29) is 29.5 Å². The number of hydrogen-bond donors (Lipinski definition) is 1. The van der Waals surface area contributed by atoms with Crippen LogP contribution in [-0.2, 0) is 11.2 Å². The van der Waals surface area contributed by atoms with Crippen LogP contribution in [-0.4, -0.2) is 43.3 Å². The predicted molar refractivity (Wildman–Crippen MR) is 135 cm³/mol. The minimum atomic E-state index is -0.323. The number of amides is 1. The van der Waals surface area contributed by atoms with Crippen molar-refractivity contribution in [3.63, 3.8) is 0 Å². The molecule has 6 rings (SSSR count). The van der Waals surface area contributed by atoms with Gasteiger partial charge in [0.2, 0.25) is 0 Å². The first-order valence-electron chi connectivity index (χ1n) is 12.9. The summed E-state index contributed by atoms with van der Waals surface area (Å²) in [5, 5.41) is 3.18. The summed E-state index contributed by atoms with van der Waals surface area (Å²) in [5.41, 5.74) is 3.88. The highest BCUT2D eigenvalue weighted by molar-refractivity contribution is 5.70. The molecule has 3 aliphatic heterocycles. The molecule has 2 bridgehead atoms. The van der Waals surface area contributed by atoms with Crippen molar-refractivity contribution in [1.29, 1.82) is 0 Å². The summed E-state index contributed by atoms with van der Waals surface area (Å²) in [6.45, 7) is 12.1. The zero-order valence-corrected chi connectivity index (χ0v) is 21.3. The number of carbonyl (C=O) groups is 1.